The summed E-state index contributed by atoms with van der Waals surface area (Å²) in [6.45, 7) is 5.81. The number of ether oxygens (including phenoxy) is 1. The van der Waals surface area contributed by atoms with Gasteiger partial charge in [0.25, 0.3) is 0 Å². The van der Waals surface area contributed by atoms with Crippen molar-refractivity contribution in [2.45, 2.75) is 24.3 Å². The van der Waals surface area contributed by atoms with Gasteiger partial charge in [-0.1, -0.05) is 29.8 Å². The zero-order valence-electron chi connectivity index (χ0n) is 11.5. The number of nitrogens with zero attached hydrogens (tertiary/aromatic N) is 1. The summed E-state index contributed by atoms with van der Waals surface area (Å²) < 4.78 is 31.0. The van der Waals surface area contributed by atoms with Gasteiger partial charge in [-0.15, -0.1) is 0 Å². The number of sulfonamides is 1. The molecule has 20 heavy (non-hydrogen) atoms. The van der Waals surface area contributed by atoms with Crippen LogP contribution in [0, 0.1) is 6.92 Å². The van der Waals surface area contributed by atoms with Crippen molar-refractivity contribution in [2.24, 2.45) is 0 Å². The number of esters is 1. The Bertz CT molecular complexity index is 634. The monoisotopic (exact) mass is 295 g/mol. The van der Waals surface area contributed by atoms with Crippen molar-refractivity contribution < 1.29 is 17.9 Å². The molecule has 0 aliphatic carbocycles. The molecule has 2 rings (SSSR count). The fourth-order valence-corrected chi connectivity index (χ4v) is 3.80. The zero-order valence-corrected chi connectivity index (χ0v) is 12.3. The average molecular weight is 295 g/mol. The average Bonchev–Trinajstić information content (AvgIpc) is 2.81. The molecule has 1 aliphatic heterocycles. The smallest absolute Gasteiger partial charge is 0.324 e. The summed E-state index contributed by atoms with van der Waals surface area (Å²) in [5.74, 6) is -0.556. The highest BCUT2D eigenvalue weighted by Crippen LogP contribution is 2.29. The second-order valence-corrected chi connectivity index (χ2v) is 6.75. The van der Waals surface area contributed by atoms with Crippen LogP contribution in [0.25, 0.3) is 0 Å². The normalized spacial score (nSPS) is 20.1. The molecule has 0 radical (unpaired) electrons. The lowest BCUT2D eigenvalue weighted by molar-refractivity contribution is -0.144. The van der Waals surface area contributed by atoms with Gasteiger partial charge in [0.15, 0.2) is 0 Å². The van der Waals surface area contributed by atoms with Crippen molar-refractivity contribution >= 4 is 16.0 Å². The van der Waals surface area contributed by atoms with Gasteiger partial charge in [-0.05, 0) is 25.5 Å². The Morgan fingerprint density at radius 3 is 2.50 bits per heavy atom. The molecule has 1 aromatic rings. The Morgan fingerprint density at radius 1 is 1.35 bits per heavy atom. The van der Waals surface area contributed by atoms with Crippen LogP contribution in [0.1, 0.15) is 12.0 Å². The fraction of sp³-hybridized carbons (Fsp3) is 0.357. The Morgan fingerprint density at radius 2 is 1.95 bits per heavy atom. The minimum atomic E-state index is -3.72. The molecule has 1 aliphatic rings. The molecule has 0 spiro atoms. The van der Waals surface area contributed by atoms with Crippen LogP contribution in [0.3, 0.4) is 0 Å². The fourth-order valence-electron chi connectivity index (χ4n) is 2.21. The molecule has 0 N–H and O–H groups in total. The van der Waals surface area contributed by atoms with Crippen molar-refractivity contribution in [3.05, 3.63) is 42.0 Å². The topological polar surface area (TPSA) is 63.7 Å². The van der Waals surface area contributed by atoms with Crippen LogP contribution in [0.2, 0.25) is 0 Å². The van der Waals surface area contributed by atoms with E-state index >= 15 is 0 Å². The first-order valence-electron chi connectivity index (χ1n) is 6.19. The molecule has 0 unspecified atom stereocenters. The molecule has 0 saturated carbocycles. The maximum absolute atomic E-state index is 12.6. The van der Waals surface area contributed by atoms with Gasteiger partial charge in [-0.2, -0.15) is 4.31 Å². The van der Waals surface area contributed by atoms with Crippen LogP contribution < -0.4 is 0 Å². The Kier molecular flexibility index (Phi) is 3.96. The highest BCUT2D eigenvalue weighted by atomic mass is 32.2. The molecule has 5 nitrogen and oxygen atoms in total. The molecule has 1 heterocycles. The van der Waals surface area contributed by atoms with Gasteiger partial charge in [0.05, 0.1) is 12.0 Å². The standard InChI is InChI=1S/C14H17NO4S/c1-10-4-6-12(7-5-10)20(17,18)15-9-11(2)8-13(15)14(16)19-3/h4-7,13H,2,8-9H2,1,3H3/t13-/m0/s1. The molecule has 0 aromatic heterocycles. The Balaban J connectivity index is 2.39. The lowest BCUT2D eigenvalue weighted by Gasteiger charge is -2.21. The highest BCUT2D eigenvalue weighted by Gasteiger charge is 2.41. The van der Waals surface area contributed by atoms with Crippen LogP contribution in [-0.4, -0.2) is 38.4 Å². The van der Waals surface area contributed by atoms with E-state index in [4.69, 9.17) is 0 Å². The van der Waals surface area contributed by atoms with Crippen LogP contribution >= 0.6 is 0 Å². The highest BCUT2D eigenvalue weighted by molar-refractivity contribution is 7.89. The largest absolute Gasteiger partial charge is 0.468 e. The predicted molar refractivity (Wildman–Crippen MR) is 74.6 cm³/mol. The summed E-state index contributed by atoms with van der Waals surface area (Å²) >= 11 is 0. The summed E-state index contributed by atoms with van der Waals surface area (Å²) in [4.78, 5) is 11.9. The summed E-state index contributed by atoms with van der Waals surface area (Å²) in [6, 6.07) is 5.72. The molecule has 1 fully saturated rings. The molecule has 1 aromatic carbocycles. The maximum Gasteiger partial charge on any atom is 0.324 e. The lowest BCUT2D eigenvalue weighted by Crippen LogP contribution is -2.41. The second-order valence-electron chi connectivity index (χ2n) is 4.86. The lowest BCUT2D eigenvalue weighted by atomic mass is 10.2. The number of hydrogen-bond acceptors (Lipinski definition) is 4. The van der Waals surface area contributed by atoms with Gasteiger partial charge < -0.3 is 4.74 Å². The van der Waals surface area contributed by atoms with E-state index in [2.05, 4.69) is 11.3 Å². The van der Waals surface area contributed by atoms with E-state index in [9.17, 15) is 13.2 Å². The van der Waals surface area contributed by atoms with E-state index in [-0.39, 0.29) is 11.4 Å². The molecular weight excluding hydrogens is 278 g/mol. The van der Waals surface area contributed by atoms with Crippen LogP contribution in [0.5, 0.6) is 0 Å². The Labute approximate surface area is 118 Å². The Hall–Kier alpha value is -1.66. The first-order valence-corrected chi connectivity index (χ1v) is 7.63. The summed E-state index contributed by atoms with van der Waals surface area (Å²) in [5, 5.41) is 0. The van der Waals surface area contributed by atoms with Gasteiger partial charge in [-0.3, -0.25) is 4.79 Å². The SMILES string of the molecule is C=C1C[C@@H](C(=O)OC)N(S(=O)(=O)c2ccc(C)cc2)C1. The molecule has 0 bridgehead atoms. The van der Waals surface area contributed by atoms with Crippen molar-refractivity contribution in [1.82, 2.24) is 4.31 Å². The van der Waals surface area contributed by atoms with E-state index in [1.165, 1.54) is 7.11 Å². The van der Waals surface area contributed by atoms with Gasteiger partial charge in [0.1, 0.15) is 6.04 Å². The second kappa shape index (κ2) is 5.38. The van der Waals surface area contributed by atoms with Crippen LogP contribution in [0.15, 0.2) is 41.3 Å². The first kappa shape index (κ1) is 14.7. The van der Waals surface area contributed by atoms with Crippen LogP contribution in [0.4, 0.5) is 0 Å². The van der Waals surface area contributed by atoms with Crippen molar-refractivity contribution in [3.63, 3.8) is 0 Å². The maximum atomic E-state index is 12.6. The van der Waals surface area contributed by atoms with E-state index in [0.717, 1.165) is 9.87 Å². The van der Waals surface area contributed by atoms with E-state index in [1.54, 1.807) is 24.3 Å². The molecule has 1 atom stereocenters. The van der Waals surface area contributed by atoms with Gasteiger partial charge >= 0.3 is 5.97 Å². The summed E-state index contributed by atoms with van der Waals surface area (Å²) in [5.41, 5.74) is 1.68. The molecule has 6 heteroatoms. The molecular formula is C14H17NO4S. The van der Waals surface area contributed by atoms with Crippen molar-refractivity contribution in [1.29, 1.82) is 0 Å². The molecule has 1 saturated heterocycles. The third-order valence-electron chi connectivity index (χ3n) is 3.31. The number of aryl methyl sites for hydroxylation is 1. The van der Waals surface area contributed by atoms with Crippen molar-refractivity contribution in [3.8, 4) is 0 Å². The quantitative estimate of drug-likeness (QED) is 0.626. The number of carbonyl (C=O) groups excluding carboxylic acids is 1. The minimum Gasteiger partial charge on any atom is -0.468 e. The van der Waals surface area contributed by atoms with Gasteiger partial charge in [0.2, 0.25) is 10.0 Å². The molecule has 0 amide bonds. The van der Waals surface area contributed by atoms with Crippen molar-refractivity contribution in [2.75, 3.05) is 13.7 Å². The minimum absolute atomic E-state index is 0.149. The zero-order chi connectivity index (χ0) is 14.9. The van der Waals surface area contributed by atoms with E-state index < -0.39 is 22.0 Å². The summed E-state index contributed by atoms with van der Waals surface area (Å²) in [7, 11) is -2.47. The third-order valence-corrected chi connectivity index (χ3v) is 5.18. The van der Waals surface area contributed by atoms with Gasteiger partial charge in [-0.25, -0.2) is 8.42 Å². The summed E-state index contributed by atoms with van der Waals surface area (Å²) in [6.07, 6.45) is 0.303. The van der Waals surface area contributed by atoms with E-state index in [0.29, 0.717) is 12.0 Å². The molecule has 108 valence electrons. The number of hydrogen-bond donors (Lipinski definition) is 0. The number of benzene rings is 1. The number of carbonyl (C=O) groups is 1. The third kappa shape index (κ3) is 2.62. The number of methoxy groups -OCH3 is 1. The van der Waals surface area contributed by atoms with Gasteiger partial charge in [0, 0.05) is 6.54 Å². The predicted octanol–water partition coefficient (Wildman–Crippen LogP) is 1.49. The van der Waals surface area contributed by atoms with Crippen LogP contribution in [-0.2, 0) is 19.6 Å². The van der Waals surface area contributed by atoms with E-state index in [1.807, 2.05) is 6.92 Å². The number of rotatable bonds is 3. The first-order chi connectivity index (χ1) is 9.36.